The van der Waals surface area contributed by atoms with Crippen molar-refractivity contribution in [1.82, 2.24) is 9.97 Å². The Balaban J connectivity index is 1.97. The summed E-state index contributed by atoms with van der Waals surface area (Å²) in [4.78, 5) is 9.62. The van der Waals surface area contributed by atoms with Crippen molar-refractivity contribution in [2.24, 2.45) is 5.84 Å². The molecule has 88 valence electrons. The lowest BCUT2D eigenvalue weighted by molar-refractivity contribution is 1.08. The summed E-state index contributed by atoms with van der Waals surface area (Å²) in [5, 5.41) is 0. The van der Waals surface area contributed by atoms with Crippen molar-refractivity contribution >= 4 is 17.6 Å². The molecule has 0 amide bonds. The molecule has 0 saturated carbocycles. The fraction of sp³-hybridized carbons (Fsp3) is 0.167. The second-order valence-electron chi connectivity index (χ2n) is 3.64. The molecule has 0 atom stereocenters. The van der Waals surface area contributed by atoms with Gasteiger partial charge in [0.2, 0.25) is 0 Å². The molecule has 0 saturated heterocycles. The third-order valence-electron chi connectivity index (χ3n) is 2.23. The molecule has 0 aliphatic carbocycles. The molecular formula is C12H14N4S. The van der Waals surface area contributed by atoms with Gasteiger partial charge in [-0.1, -0.05) is 17.7 Å². The summed E-state index contributed by atoms with van der Waals surface area (Å²) in [5.74, 6) is 6.61. The van der Waals surface area contributed by atoms with Gasteiger partial charge in [-0.05, 0) is 19.1 Å². The van der Waals surface area contributed by atoms with Crippen LogP contribution in [0.3, 0.4) is 0 Å². The van der Waals surface area contributed by atoms with Crippen molar-refractivity contribution < 1.29 is 0 Å². The molecule has 5 heteroatoms. The Morgan fingerprint density at radius 3 is 2.82 bits per heavy atom. The minimum atomic E-state index is 0.578. The van der Waals surface area contributed by atoms with E-state index >= 15 is 0 Å². The van der Waals surface area contributed by atoms with Gasteiger partial charge in [0.25, 0.3) is 0 Å². The summed E-state index contributed by atoms with van der Waals surface area (Å²) in [7, 11) is 0. The number of anilines is 1. The Labute approximate surface area is 105 Å². The maximum Gasteiger partial charge on any atom is 0.158 e. The van der Waals surface area contributed by atoms with E-state index in [1.165, 1.54) is 10.5 Å². The molecule has 1 aromatic carbocycles. The van der Waals surface area contributed by atoms with Crippen LogP contribution in [-0.2, 0) is 5.75 Å². The highest BCUT2D eigenvalue weighted by Crippen LogP contribution is 2.22. The van der Waals surface area contributed by atoms with Crippen LogP contribution in [0, 0.1) is 6.92 Å². The molecule has 0 radical (unpaired) electrons. The quantitative estimate of drug-likeness (QED) is 0.492. The lowest BCUT2D eigenvalue weighted by Gasteiger charge is -2.03. The van der Waals surface area contributed by atoms with Crippen LogP contribution in [0.1, 0.15) is 11.3 Å². The molecule has 0 aliphatic heterocycles. The van der Waals surface area contributed by atoms with Crippen molar-refractivity contribution in [2.75, 3.05) is 5.43 Å². The number of nitrogens with zero attached hydrogens (tertiary/aromatic N) is 2. The molecule has 2 aromatic rings. The highest BCUT2D eigenvalue weighted by Gasteiger charge is 1.99. The largest absolute Gasteiger partial charge is 0.307 e. The Hall–Kier alpha value is -1.59. The zero-order valence-electron chi connectivity index (χ0n) is 9.55. The first-order valence-corrected chi connectivity index (χ1v) is 6.23. The smallest absolute Gasteiger partial charge is 0.158 e. The monoisotopic (exact) mass is 246 g/mol. The van der Waals surface area contributed by atoms with E-state index in [0.29, 0.717) is 5.82 Å². The molecule has 4 nitrogen and oxygen atoms in total. The Morgan fingerprint density at radius 2 is 2.18 bits per heavy atom. The first-order chi connectivity index (χ1) is 8.28. The number of hydrogen-bond donors (Lipinski definition) is 2. The van der Waals surface area contributed by atoms with Gasteiger partial charge in [0.05, 0.1) is 18.1 Å². The van der Waals surface area contributed by atoms with Crippen molar-refractivity contribution in [2.45, 2.75) is 17.6 Å². The fourth-order valence-electron chi connectivity index (χ4n) is 1.37. The Kier molecular flexibility index (Phi) is 3.95. The van der Waals surface area contributed by atoms with Gasteiger partial charge in [0.15, 0.2) is 5.82 Å². The van der Waals surface area contributed by atoms with E-state index < -0.39 is 0 Å². The number of nitrogen functional groups attached to an aromatic ring is 1. The van der Waals surface area contributed by atoms with Crippen LogP contribution in [0.15, 0.2) is 41.6 Å². The van der Waals surface area contributed by atoms with Gasteiger partial charge in [-0.2, -0.15) is 0 Å². The second kappa shape index (κ2) is 5.65. The van der Waals surface area contributed by atoms with Crippen molar-refractivity contribution in [3.05, 3.63) is 47.9 Å². The van der Waals surface area contributed by atoms with Crippen LogP contribution in [0.5, 0.6) is 0 Å². The number of benzene rings is 1. The van der Waals surface area contributed by atoms with Crippen LogP contribution >= 0.6 is 11.8 Å². The Morgan fingerprint density at radius 1 is 1.29 bits per heavy atom. The van der Waals surface area contributed by atoms with Gasteiger partial charge in [0, 0.05) is 10.6 Å². The van der Waals surface area contributed by atoms with Crippen LogP contribution < -0.4 is 11.3 Å². The molecule has 3 N–H and O–H groups in total. The van der Waals surface area contributed by atoms with E-state index in [4.69, 9.17) is 5.84 Å². The third kappa shape index (κ3) is 3.44. The SMILES string of the molecule is Cc1cccc(SCc2cnc(NN)cn2)c1. The van der Waals surface area contributed by atoms with E-state index in [1.807, 2.05) is 0 Å². The summed E-state index contributed by atoms with van der Waals surface area (Å²) >= 11 is 1.75. The number of hydrogen-bond acceptors (Lipinski definition) is 5. The molecule has 2 rings (SSSR count). The van der Waals surface area contributed by atoms with Gasteiger partial charge in [-0.25, -0.2) is 10.8 Å². The van der Waals surface area contributed by atoms with Crippen LogP contribution in [-0.4, -0.2) is 9.97 Å². The first kappa shape index (κ1) is 11.9. The second-order valence-corrected chi connectivity index (χ2v) is 4.69. The van der Waals surface area contributed by atoms with Gasteiger partial charge in [0.1, 0.15) is 0 Å². The highest BCUT2D eigenvalue weighted by molar-refractivity contribution is 7.98. The maximum atomic E-state index is 5.22. The van der Waals surface area contributed by atoms with Gasteiger partial charge in [-0.3, -0.25) is 4.98 Å². The molecule has 0 aliphatic rings. The average Bonchev–Trinajstić information content (AvgIpc) is 2.37. The third-order valence-corrected chi connectivity index (χ3v) is 3.26. The summed E-state index contributed by atoms with van der Waals surface area (Å²) < 4.78 is 0. The number of aryl methyl sites for hydroxylation is 1. The van der Waals surface area contributed by atoms with Crippen LogP contribution in [0.4, 0.5) is 5.82 Å². The van der Waals surface area contributed by atoms with Gasteiger partial charge < -0.3 is 5.43 Å². The van der Waals surface area contributed by atoms with E-state index in [0.717, 1.165) is 11.4 Å². The number of aromatic nitrogens is 2. The zero-order chi connectivity index (χ0) is 12.1. The van der Waals surface area contributed by atoms with E-state index in [1.54, 1.807) is 24.2 Å². The number of nitrogens with two attached hydrogens (primary N) is 1. The maximum absolute atomic E-state index is 5.22. The first-order valence-electron chi connectivity index (χ1n) is 5.25. The summed E-state index contributed by atoms with van der Waals surface area (Å²) in [6, 6.07) is 8.41. The van der Waals surface area contributed by atoms with Gasteiger partial charge in [-0.15, -0.1) is 11.8 Å². The summed E-state index contributed by atoms with van der Waals surface area (Å²) in [6.45, 7) is 2.09. The van der Waals surface area contributed by atoms with E-state index in [2.05, 4.69) is 46.6 Å². The number of rotatable bonds is 4. The molecule has 1 aromatic heterocycles. The summed E-state index contributed by atoms with van der Waals surface area (Å²) in [5.41, 5.74) is 4.66. The lowest BCUT2D eigenvalue weighted by atomic mass is 10.2. The van der Waals surface area contributed by atoms with Crippen molar-refractivity contribution in [1.29, 1.82) is 0 Å². The molecular weight excluding hydrogens is 232 g/mol. The number of nitrogens with one attached hydrogen (secondary N) is 1. The van der Waals surface area contributed by atoms with Crippen LogP contribution in [0.25, 0.3) is 0 Å². The zero-order valence-corrected chi connectivity index (χ0v) is 10.4. The summed E-state index contributed by atoms with van der Waals surface area (Å²) in [6.07, 6.45) is 3.37. The molecule has 0 bridgehead atoms. The lowest BCUT2D eigenvalue weighted by Crippen LogP contribution is -2.08. The molecule has 0 unspecified atom stereocenters. The predicted octanol–water partition coefficient (Wildman–Crippen LogP) is 2.36. The number of thioether (sulfide) groups is 1. The normalized spacial score (nSPS) is 10.2. The topological polar surface area (TPSA) is 63.8 Å². The molecule has 0 spiro atoms. The average molecular weight is 246 g/mol. The van der Waals surface area contributed by atoms with Crippen molar-refractivity contribution in [3.63, 3.8) is 0 Å². The van der Waals surface area contributed by atoms with Crippen molar-refractivity contribution in [3.8, 4) is 0 Å². The molecule has 1 heterocycles. The molecule has 0 fully saturated rings. The van der Waals surface area contributed by atoms with E-state index in [9.17, 15) is 0 Å². The van der Waals surface area contributed by atoms with Gasteiger partial charge >= 0.3 is 0 Å². The fourth-order valence-corrected chi connectivity index (χ4v) is 2.27. The van der Waals surface area contributed by atoms with Crippen LogP contribution in [0.2, 0.25) is 0 Å². The van der Waals surface area contributed by atoms with E-state index in [-0.39, 0.29) is 0 Å². The number of hydrazine groups is 1. The minimum Gasteiger partial charge on any atom is -0.307 e. The minimum absolute atomic E-state index is 0.578. The Bertz CT molecular complexity index is 484. The highest BCUT2D eigenvalue weighted by atomic mass is 32.2. The standard InChI is InChI=1S/C12H14N4S/c1-9-3-2-4-11(5-9)17-8-10-6-15-12(16-13)7-14-10/h2-7H,8,13H2,1H3,(H,15,16). The predicted molar refractivity (Wildman–Crippen MR) is 70.6 cm³/mol. The molecule has 17 heavy (non-hydrogen) atoms.